The number of carbonyl (C=O) groups is 1. The smallest absolute Gasteiger partial charge is 0.306 e. The molecule has 30 heavy (non-hydrogen) atoms. The highest BCUT2D eigenvalue weighted by Crippen LogP contribution is 2.42. The first kappa shape index (κ1) is 24.4. The molecule has 1 fully saturated rings. The van der Waals surface area contributed by atoms with Crippen LogP contribution in [0.25, 0.3) is 6.08 Å². The molecule has 1 aliphatic heterocycles. The van der Waals surface area contributed by atoms with E-state index in [-0.39, 0.29) is 12.0 Å². The third kappa shape index (κ3) is 9.27. The lowest BCUT2D eigenvalue weighted by Crippen LogP contribution is -2.31. The quantitative estimate of drug-likeness (QED) is 0.215. The van der Waals surface area contributed by atoms with E-state index in [2.05, 4.69) is 55.5 Å². The Morgan fingerprint density at radius 3 is 2.50 bits per heavy atom. The van der Waals surface area contributed by atoms with Crippen molar-refractivity contribution in [2.75, 3.05) is 0 Å². The predicted molar refractivity (Wildman–Crippen MR) is 122 cm³/mol. The van der Waals surface area contributed by atoms with Gasteiger partial charge in [0.25, 0.3) is 0 Å². The van der Waals surface area contributed by atoms with E-state index in [9.17, 15) is 4.79 Å². The van der Waals surface area contributed by atoms with Crippen LogP contribution >= 0.6 is 0 Å². The van der Waals surface area contributed by atoms with Crippen LogP contribution in [0, 0.1) is 5.92 Å². The number of unbranched alkanes of at least 4 members (excludes halogenated alkanes) is 4. The van der Waals surface area contributed by atoms with Gasteiger partial charge in [0.1, 0.15) is 11.2 Å². The summed E-state index contributed by atoms with van der Waals surface area (Å²) in [6.45, 7) is 6.11. The van der Waals surface area contributed by atoms with Crippen LogP contribution in [0.1, 0.15) is 84.1 Å². The van der Waals surface area contributed by atoms with Gasteiger partial charge in [-0.05, 0) is 44.6 Å². The second-order valence-electron chi connectivity index (χ2n) is 9.31. The zero-order valence-electron chi connectivity index (χ0n) is 18.8. The largest absolute Gasteiger partial charge is 0.481 e. The Hall–Kier alpha value is -1.91. The van der Waals surface area contributed by atoms with Gasteiger partial charge < -0.3 is 5.11 Å². The van der Waals surface area contributed by atoms with Crippen molar-refractivity contribution in [1.82, 2.24) is 0 Å². The van der Waals surface area contributed by atoms with Crippen LogP contribution in [0.15, 0.2) is 48.6 Å². The average molecular weight is 415 g/mol. The van der Waals surface area contributed by atoms with Crippen LogP contribution in [0.4, 0.5) is 0 Å². The van der Waals surface area contributed by atoms with Crippen LogP contribution in [0.3, 0.4) is 0 Å². The van der Waals surface area contributed by atoms with Crippen molar-refractivity contribution in [2.45, 2.75) is 89.8 Å². The molecular weight excluding hydrogens is 376 g/mol. The molecule has 0 saturated carbocycles. The highest BCUT2D eigenvalue weighted by molar-refractivity contribution is 5.68. The van der Waals surface area contributed by atoms with Gasteiger partial charge in [-0.25, -0.2) is 9.78 Å². The summed E-state index contributed by atoms with van der Waals surface area (Å²) >= 11 is 0. The highest BCUT2D eigenvalue weighted by Gasteiger charge is 2.47. The molecule has 166 valence electrons. The van der Waals surface area contributed by atoms with Crippen LogP contribution in [0.5, 0.6) is 0 Å². The van der Waals surface area contributed by atoms with E-state index in [1.165, 1.54) is 37.7 Å². The topological polar surface area (TPSA) is 55.8 Å². The van der Waals surface area contributed by atoms with E-state index in [1.807, 2.05) is 19.9 Å². The van der Waals surface area contributed by atoms with E-state index in [0.717, 1.165) is 12.8 Å². The van der Waals surface area contributed by atoms with Gasteiger partial charge in [0.2, 0.25) is 0 Å². The fourth-order valence-electron chi connectivity index (χ4n) is 4.42. The van der Waals surface area contributed by atoms with E-state index in [4.69, 9.17) is 14.9 Å². The Balaban J connectivity index is 1.53. The summed E-state index contributed by atoms with van der Waals surface area (Å²) in [5.74, 6) is -0.311. The zero-order chi connectivity index (χ0) is 21.9. The Bertz CT molecular complexity index is 696. The van der Waals surface area contributed by atoms with Crippen molar-refractivity contribution in [3.8, 4) is 0 Å². The predicted octanol–water partition coefficient (Wildman–Crippen LogP) is 6.97. The van der Waals surface area contributed by atoms with Gasteiger partial charge in [-0.2, -0.15) is 0 Å². The minimum absolute atomic E-state index is 0.0204. The molecule has 1 saturated heterocycles. The van der Waals surface area contributed by atoms with Crippen LogP contribution in [-0.4, -0.2) is 22.3 Å². The molecule has 0 bridgehead atoms. The maximum atomic E-state index is 11.0. The summed E-state index contributed by atoms with van der Waals surface area (Å²) in [4.78, 5) is 22.0. The molecule has 1 aromatic carbocycles. The molecule has 1 aromatic rings. The minimum atomic E-state index is -0.847. The fraction of sp³-hybridized carbons (Fsp3) is 0.577. The lowest BCUT2D eigenvalue weighted by Gasteiger charge is -2.25. The Kier molecular flexibility index (Phi) is 9.80. The van der Waals surface area contributed by atoms with Crippen molar-refractivity contribution in [3.63, 3.8) is 0 Å². The molecular formula is C26H38O4. The van der Waals surface area contributed by atoms with E-state index in [0.29, 0.717) is 12.3 Å². The SMILES string of the molecule is C[C@H](CCCCCCC=CC=Cc1ccccc1)C[C@]1(C)C[C@](C)(CC(=O)O)OO1. The van der Waals surface area contributed by atoms with Gasteiger partial charge >= 0.3 is 5.97 Å². The molecule has 4 heteroatoms. The first-order valence-corrected chi connectivity index (χ1v) is 11.3. The molecule has 0 unspecified atom stereocenters. The third-order valence-corrected chi connectivity index (χ3v) is 5.65. The summed E-state index contributed by atoms with van der Waals surface area (Å²) in [6.07, 6.45) is 17.4. The van der Waals surface area contributed by atoms with Crippen LogP contribution < -0.4 is 0 Å². The number of benzene rings is 1. The molecule has 0 radical (unpaired) electrons. The molecule has 1 N–H and O–H groups in total. The number of carboxylic acids is 1. The van der Waals surface area contributed by atoms with E-state index < -0.39 is 11.6 Å². The number of hydrogen-bond donors (Lipinski definition) is 1. The maximum absolute atomic E-state index is 11.0. The molecule has 1 heterocycles. The molecule has 3 atom stereocenters. The molecule has 2 rings (SSSR count). The highest BCUT2D eigenvalue weighted by atomic mass is 17.2. The normalized spacial score (nSPS) is 25.3. The Morgan fingerprint density at radius 2 is 1.77 bits per heavy atom. The average Bonchev–Trinajstić information content (AvgIpc) is 2.97. The number of hydrogen-bond acceptors (Lipinski definition) is 3. The third-order valence-electron chi connectivity index (χ3n) is 5.65. The van der Waals surface area contributed by atoms with Crippen molar-refractivity contribution < 1.29 is 19.7 Å². The number of allylic oxidation sites excluding steroid dienone is 3. The molecule has 0 amide bonds. The summed E-state index contributed by atoms with van der Waals surface area (Å²) < 4.78 is 0. The van der Waals surface area contributed by atoms with Gasteiger partial charge in [-0.1, -0.05) is 87.2 Å². The van der Waals surface area contributed by atoms with Gasteiger partial charge in [0, 0.05) is 6.42 Å². The second-order valence-corrected chi connectivity index (χ2v) is 9.31. The first-order chi connectivity index (χ1) is 14.3. The van der Waals surface area contributed by atoms with Gasteiger partial charge in [0.15, 0.2) is 0 Å². The summed E-state index contributed by atoms with van der Waals surface area (Å²) in [5.41, 5.74) is 0.123. The molecule has 0 aromatic heterocycles. The van der Waals surface area contributed by atoms with E-state index in [1.54, 1.807) is 0 Å². The molecule has 1 aliphatic rings. The van der Waals surface area contributed by atoms with Crippen LogP contribution in [-0.2, 0) is 14.6 Å². The number of aliphatic carboxylic acids is 1. The fourth-order valence-corrected chi connectivity index (χ4v) is 4.42. The standard InChI is InChI=1S/C26H38O4/c1-22(19-25(2)21-26(3,30-29-25)20-24(27)28)15-11-8-6-4-5-7-9-12-16-23-17-13-10-14-18-23/h7,9-10,12-14,16-18,22H,4-6,8,11,15,19-21H2,1-3H3,(H,27,28)/t22-,25-,26+/m1/s1. The van der Waals surface area contributed by atoms with Crippen molar-refractivity contribution in [1.29, 1.82) is 0 Å². The van der Waals surface area contributed by atoms with Gasteiger partial charge in [-0.15, -0.1) is 0 Å². The summed E-state index contributed by atoms with van der Waals surface area (Å²) in [5, 5.41) is 9.04. The van der Waals surface area contributed by atoms with Gasteiger partial charge in [0.05, 0.1) is 6.42 Å². The number of carboxylic acid groups (broad SMARTS) is 1. The van der Waals surface area contributed by atoms with Crippen molar-refractivity contribution in [3.05, 3.63) is 54.1 Å². The van der Waals surface area contributed by atoms with Crippen molar-refractivity contribution >= 4 is 12.0 Å². The van der Waals surface area contributed by atoms with E-state index >= 15 is 0 Å². The molecule has 0 aliphatic carbocycles. The summed E-state index contributed by atoms with van der Waals surface area (Å²) in [7, 11) is 0. The first-order valence-electron chi connectivity index (χ1n) is 11.3. The Morgan fingerprint density at radius 1 is 1.07 bits per heavy atom. The number of rotatable bonds is 13. The minimum Gasteiger partial charge on any atom is -0.481 e. The summed E-state index contributed by atoms with van der Waals surface area (Å²) in [6, 6.07) is 10.3. The Labute approximate surface area is 181 Å². The maximum Gasteiger partial charge on any atom is 0.306 e. The van der Waals surface area contributed by atoms with Crippen molar-refractivity contribution in [2.24, 2.45) is 5.92 Å². The molecule has 0 spiro atoms. The van der Waals surface area contributed by atoms with Crippen LogP contribution in [0.2, 0.25) is 0 Å². The second kappa shape index (κ2) is 12.1. The molecule has 4 nitrogen and oxygen atoms in total. The lowest BCUT2D eigenvalue weighted by atomic mass is 9.81. The zero-order valence-corrected chi connectivity index (χ0v) is 18.8. The lowest BCUT2D eigenvalue weighted by molar-refractivity contribution is -0.346. The van der Waals surface area contributed by atoms with Gasteiger partial charge in [-0.3, -0.25) is 4.79 Å². The monoisotopic (exact) mass is 414 g/mol.